The molecule has 0 radical (unpaired) electrons. The minimum atomic E-state index is -5.07. The summed E-state index contributed by atoms with van der Waals surface area (Å²) >= 11 is 12.3. The van der Waals surface area contributed by atoms with Crippen molar-refractivity contribution in [1.82, 2.24) is 14.9 Å². The number of nitrogens with zero attached hydrogens (tertiary/aromatic N) is 2. The lowest BCUT2D eigenvalue weighted by atomic mass is 9.97. The second-order valence-corrected chi connectivity index (χ2v) is 10.7. The summed E-state index contributed by atoms with van der Waals surface area (Å²) in [5.41, 5.74) is -3.87. The summed E-state index contributed by atoms with van der Waals surface area (Å²) in [5, 5.41) is 12.5. The molecule has 1 amide bonds. The number of halogens is 8. The van der Waals surface area contributed by atoms with E-state index in [-0.39, 0.29) is 63.8 Å². The molecule has 4 aromatic rings. The molecule has 0 aliphatic heterocycles. The average Bonchev–Trinajstić information content (AvgIpc) is 2.95. The summed E-state index contributed by atoms with van der Waals surface area (Å²) in [5.74, 6) is -1.23. The van der Waals surface area contributed by atoms with Crippen LogP contribution >= 0.6 is 23.2 Å². The Labute approximate surface area is 250 Å². The fourth-order valence-electron chi connectivity index (χ4n) is 4.49. The standard InChI is InChI=1S/C29H23Cl2F6N3O3/c1-15(14-41)6-8-40-25(26(42)39-13-16-9-18(28(32,33)34)12-19(10-16)29(35,36)37)23(17-4-5-21(30)22(31)11-17)20-3-2-7-38-24(20)27(40)43/h2-5,7,9-12,15,41H,6,8,13-14H2,1H3,(H,39,42)/t15-/m1/s1. The van der Waals surface area contributed by atoms with Crippen LogP contribution in [0.5, 0.6) is 0 Å². The van der Waals surface area contributed by atoms with Crippen LogP contribution < -0.4 is 10.9 Å². The topological polar surface area (TPSA) is 84.2 Å². The number of aliphatic hydroxyl groups excluding tert-OH is 1. The number of amides is 1. The van der Waals surface area contributed by atoms with Gasteiger partial charge in [0.2, 0.25) is 0 Å². The van der Waals surface area contributed by atoms with Crippen LogP contribution in [0.15, 0.2) is 59.5 Å². The van der Waals surface area contributed by atoms with Gasteiger partial charge >= 0.3 is 12.4 Å². The van der Waals surface area contributed by atoms with Gasteiger partial charge in [0.1, 0.15) is 11.2 Å². The van der Waals surface area contributed by atoms with Crippen LogP contribution in [0, 0.1) is 5.92 Å². The number of carbonyl (C=O) groups excluding carboxylic acids is 1. The molecule has 2 N–H and O–H groups in total. The zero-order valence-corrected chi connectivity index (χ0v) is 23.8. The van der Waals surface area contributed by atoms with Gasteiger partial charge in [0, 0.05) is 36.8 Å². The smallest absolute Gasteiger partial charge is 0.396 e. The van der Waals surface area contributed by atoms with Crippen LogP contribution in [0.1, 0.15) is 40.5 Å². The van der Waals surface area contributed by atoms with E-state index in [1.165, 1.54) is 24.4 Å². The maximum absolute atomic E-state index is 13.8. The molecule has 1 atom stereocenters. The van der Waals surface area contributed by atoms with Crippen LogP contribution in [-0.4, -0.2) is 27.2 Å². The number of aromatic nitrogens is 2. The molecule has 14 heteroatoms. The van der Waals surface area contributed by atoms with Crippen LogP contribution in [0.4, 0.5) is 26.3 Å². The van der Waals surface area contributed by atoms with E-state index in [1.807, 2.05) is 0 Å². The number of benzene rings is 2. The number of alkyl halides is 6. The zero-order chi connectivity index (χ0) is 31.7. The number of nitrogens with one attached hydrogen (secondary N) is 1. The molecule has 0 unspecified atom stereocenters. The van der Waals surface area contributed by atoms with Crippen LogP contribution in [0.3, 0.4) is 0 Å². The Balaban J connectivity index is 1.90. The van der Waals surface area contributed by atoms with Gasteiger partial charge in [-0.2, -0.15) is 26.3 Å². The van der Waals surface area contributed by atoms with E-state index in [1.54, 1.807) is 19.1 Å². The van der Waals surface area contributed by atoms with Gasteiger partial charge in [0.05, 0.1) is 21.2 Å². The number of pyridine rings is 2. The summed E-state index contributed by atoms with van der Waals surface area (Å²) < 4.78 is 81.5. The number of rotatable bonds is 8. The summed E-state index contributed by atoms with van der Waals surface area (Å²) in [6, 6.07) is 8.55. The highest BCUT2D eigenvalue weighted by atomic mass is 35.5. The van der Waals surface area contributed by atoms with Crippen molar-refractivity contribution in [2.45, 2.75) is 38.8 Å². The maximum atomic E-state index is 13.8. The van der Waals surface area contributed by atoms with Crippen molar-refractivity contribution in [2.24, 2.45) is 5.92 Å². The zero-order valence-electron chi connectivity index (χ0n) is 22.3. The molecule has 0 fully saturated rings. The van der Waals surface area contributed by atoms with E-state index in [0.717, 1.165) is 4.57 Å². The first-order chi connectivity index (χ1) is 20.1. The van der Waals surface area contributed by atoms with E-state index in [0.29, 0.717) is 17.7 Å². The van der Waals surface area contributed by atoms with Gasteiger partial charge in [-0.15, -0.1) is 0 Å². The molecule has 2 heterocycles. The molecule has 0 saturated carbocycles. The van der Waals surface area contributed by atoms with Gasteiger partial charge in [0.15, 0.2) is 0 Å². The second kappa shape index (κ2) is 12.6. The quantitative estimate of drug-likeness (QED) is 0.196. The Bertz CT molecular complexity index is 1710. The molecule has 4 rings (SSSR count). The maximum Gasteiger partial charge on any atom is 0.416 e. The lowest BCUT2D eigenvalue weighted by molar-refractivity contribution is -0.143. The largest absolute Gasteiger partial charge is 0.416 e. The van der Waals surface area contributed by atoms with Crippen molar-refractivity contribution in [3.63, 3.8) is 0 Å². The first kappa shape index (κ1) is 32.3. The van der Waals surface area contributed by atoms with Crippen molar-refractivity contribution in [3.05, 3.63) is 97.5 Å². The number of fused-ring (bicyclic) bond motifs is 1. The summed E-state index contributed by atoms with van der Waals surface area (Å²) in [7, 11) is 0. The van der Waals surface area contributed by atoms with Gasteiger partial charge in [-0.3, -0.25) is 14.6 Å². The van der Waals surface area contributed by atoms with E-state index in [9.17, 15) is 41.0 Å². The molecule has 6 nitrogen and oxygen atoms in total. The number of aliphatic hydroxyl groups is 1. The molecule has 0 aliphatic rings. The average molecular weight is 646 g/mol. The Morgan fingerprint density at radius 1 is 1.00 bits per heavy atom. The summed E-state index contributed by atoms with van der Waals surface area (Å²) in [6.45, 7) is 0.722. The van der Waals surface area contributed by atoms with Crippen molar-refractivity contribution < 1.29 is 36.2 Å². The Hall–Kier alpha value is -3.61. The highest BCUT2D eigenvalue weighted by Crippen LogP contribution is 2.37. The summed E-state index contributed by atoms with van der Waals surface area (Å²) in [6.07, 6.45) is -8.51. The third-order valence-corrected chi connectivity index (χ3v) is 7.45. The van der Waals surface area contributed by atoms with Crippen molar-refractivity contribution >= 4 is 40.0 Å². The fraction of sp³-hybridized carbons (Fsp3) is 0.276. The first-order valence-corrected chi connectivity index (χ1v) is 13.5. The molecule has 43 heavy (non-hydrogen) atoms. The van der Waals surface area contributed by atoms with Crippen LogP contribution in [-0.2, 0) is 25.4 Å². The first-order valence-electron chi connectivity index (χ1n) is 12.8. The normalized spacial score (nSPS) is 12.9. The van der Waals surface area contributed by atoms with Crippen molar-refractivity contribution in [2.75, 3.05) is 6.61 Å². The minimum absolute atomic E-state index is 0.00414. The van der Waals surface area contributed by atoms with Crippen molar-refractivity contribution in [3.8, 4) is 11.1 Å². The minimum Gasteiger partial charge on any atom is -0.396 e. The summed E-state index contributed by atoms with van der Waals surface area (Å²) in [4.78, 5) is 31.6. The highest BCUT2D eigenvalue weighted by molar-refractivity contribution is 6.42. The van der Waals surface area contributed by atoms with Gasteiger partial charge < -0.3 is 15.0 Å². The van der Waals surface area contributed by atoms with Crippen LogP contribution in [0.2, 0.25) is 10.0 Å². The van der Waals surface area contributed by atoms with E-state index < -0.39 is 47.1 Å². The van der Waals surface area contributed by atoms with Crippen molar-refractivity contribution in [1.29, 1.82) is 0 Å². The number of hydrogen-bond acceptors (Lipinski definition) is 4. The monoisotopic (exact) mass is 645 g/mol. The Kier molecular flexibility index (Phi) is 9.43. The Morgan fingerprint density at radius 3 is 2.23 bits per heavy atom. The second-order valence-electron chi connectivity index (χ2n) is 9.88. The fourth-order valence-corrected chi connectivity index (χ4v) is 4.79. The van der Waals surface area contributed by atoms with E-state index >= 15 is 0 Å². The van der Waals surface area contributed by atoms with Gasteiger partial charge in [0.25, 0.3) is 11.5 Å². The number of hydrogen-bond donors (Lipinski definition) is 2. The molecule has 0 saturated heterocycles. The lowest BCUT2D eigenvalue weighted by Crippen LogP contribution is -2.34. The van der Waals surface area contributed by atoms with Gasteiger partial charge in [-0.25, -0.2) is 0 Å². The molecule has 0 bridgehead atoms. The van der Waals surface area contributed by atoms with Gasteiger partial charge in [-0.05, 0) is 59.9 Å². The third kappa shape index (κ3) is 7.14. The van der Waals surface area contributed by atoms with Gasteiger partial charge in [-0.1, -0.05) is 42.3 Å². The molecule has 0 spiro atoms. The number of carbonyl (C=O) groups is 1. The highest BCUT2D eigenvalue weighted by Gasteiger charge is 2.37. The molecular formula is C29H23Cl2F6N3O3. The van der Waals surface area contributed by atoms with Crippen LogP contribution in [0.25, 0.3) is 22.0 Å². The lowest BCUT2D eigenvalue weighted by Gasteiger charge is -2.21. The van der Waals surface area contributed by atoms with E-state index in [4.69, 9.17) is 23.2 Å². The predicted octanol–water partition coefficient (Wildman–Crippen LogP) is 7.36. The predicted molar refractivity (Wildman–Crippen MR) is 150 cm³/mol. The molecule has 2 aromatic carbocycles. The molecule has 228 valence electrons. The molecule has 2 aromatic heterocycles. The Morgan fingerprint density at radius 2 is 1.65 bits per heavy atom. The molecular weight excluding hydrogens is 623 g/mol. The van der Waals surface area contributed by atoms with E-state index in [2.05, 4.69) is 10.3 Å². The third-order valence-electron chi connectivity index (χ3n) is 6.71. The molecule has 0 aliphatic carbocycles. The SMILES string of the molecule is C[C@@H](CO)CCn1c(C(=O)NCc2cc(C(F)(F)F)cc(C(F)(F)F)c2)c(-c2ccc(Cl)c(Cl)c2)c2cccnc2c1=O.